The number of hydrogen-bond donors (Lipinski definition) is 1. The van der Waals surface area contributed by atoms with Crippen molar-refractivity contribution in [2.75, 3.05) is 32.8 Å². The van der Waals surface area contributed by atoms with E-state index in [9.17, 15) is 19.7 Å². The summed E-state index contributed by atoms with van der Waals surface area (Å²) in [5.74, 6) is -0.243. The number of nitrogens with zero attached hydrogens (tertiary/aromatic N) is 1. The Morgan fingerprint density at radius 3 is 2.28 bits per heavy atom. The topological polar surface area (TPSA) is 126 Å². The lowest BCUT2D eigenvalue weighted by molar-refractivity contribution is -0.385. The third-order valence-corrected chi connectivity index (χ3v) is 3.78. The molecule has 0 atom stereocenters. The van der Waals surface area contributed by atoms with Gasteiger partial charge in [-0.3, -0.25) is 14.9 Å². The van der Waals surface area contributed by atoms with E-state index in [2.05, 4.69) is 5.32 Å². The van der Waals surface area contributed by atoms with Crippen molar-refractivity contribution >= 4 is 23.3 Å². The molecule has 2 rings (SSSR count). The average molecular weight is 404 g/mol. The van der Waals surface area contributed by atoms with Crippen molar-refractivity contribution in [3.8, 4) is 17.2 Å². The Bertz CT molecular complexity index is 896. The minimum Gasteiger partial charge on any atom is -0.497 e. The summed E-state index contributed by atoms with van der Waals surface area (Å²) in [5.41, 5.74) is 0.549. The highest BCUT2D eigenvalue weighted by Crippen LogP contribution is 2.32. The summed E-state index contributed by atoms with van der Waals surface area (Å²) < 4.78 is 20.1. The summed E-state index contributed by atoms with van der Waals surface area (Å²) in [5, 5.41) is 13.5. The molecule has 0 saturated heterocycles. The van der Waals surface area contributed by atoms with E-state index in [0.29, 0.717) is 22.7 Å². The molecule has 0 radical (unpaired) electrons. The Morgan fingerprint density at radius 1 is 1.03 bits per heavy atom. The van der Waals surface area contributed by atoms with E-state index in [4.69, 9.17) is 18.9 Å². The van der Waals surface area contributed by atoms with Gasteiger partial charge in [0.2, 0.25) is 0 Å². The Kier molecular flexibility index (Phi) is 7.35. The number of methoxy groups -OCH3 is 2. The number of carbonyl (C=O) groups is 2. The molecule has 10 nitrogen and oxygen atoms in total. The molecule has 10 heteroatoms. The van der Waals surface area contributed by atoms with Gasteiger partial charge in [0.15, 0.2) is 19.0 Å². The first-order chi connectivity index (χ1) is 13.8. The van der Waals surface area contributed by atoms with Crippen LogP contribution in [0.1, 0.15) is 5.56 Å². The summed E-state index contributed by atoms with van der Waals surface area (Å²) >= 11 is 0. The molecule has 0 aliphatic carbocycles. The molecule has 1 amide bonds. The van der Waals surface area contributed by atoms with Crippen molar-refractivity contribution < 1.29 is 33.5 Å². The van der Waals surface area contributed by atoms with Crippen LogP contribution in [0.25, 0.3) is 0 Å². The van der Waals surface area contributed by atoms with Gasteiger partial charge in [0.05, 0.1) is 19.1 Å². The van der Waals surface area contributed by atoms with Crippen LogP contribution in [0.15, 0.2) is 36.4 Å². The molecule has 0 bridgehead atoms. The number of esters is 1. The van der Waals surface area contributed by atoms with E-state index >= 15 is 0 Å². The maximum Gasteiger partial charge on any atom is 0.344 e. The van der Waals surface area contributed by atoms with Crippen LogP contribution in [0.2, 0.25) is 0 Å². The number of ether oxygens (including phenoxy) is 4. The van der Waals surface area contributed by atoms with Crippen LogP contribution in [0.3, 0.4) is 0 Å². The van der Waals surface area contributed by atoms with Crippen molar-refractivity contribution in [1.29, 1.82) is 0 Å². The maximum absolute atomic E-state index is 12.0. The average Bonchev–Trinajstić information content (AvgIpc) is 2.72. The van der Waals surface area contributed by atoms with Gasteiger partial charge < -0.3 is 24.3 Å². The van der Waals surface area contributed by atoms with Crippen molar-refractivity contribution in [3.05, 3.63) is 52.1 Å². The van der Waals surface area contributed by atoms with Crippen LogP contribution in [0, 0.1) is 17.0 Å². The summed E-state index contributed by atoms with van der Waals surface area (Å²) in [6.45, 7) is 0.685. The zero-order chi connectivity index (χ0) is 21.4. The quantitative estimate of drug-likeness (QED) is 0.384. The van der Waals surface area contributed by atoms with Crippen LogP contribution >= 0.6 is 0 Å². The van der Waals surface area contributed by atoms with E-state index in [1.807, 2.05) is 0 Å². The first-order valence-electron chi connectivity index (χ1n) is 8.39. The number of nitrogens with one attached hydrogen (secondary N) is 1. The molecule has 0 unspecified atom stereocenters. The van der Waals surface area contributed by atoms with Gasteiger partial charge in [0.1, 0.15) is 11.5 Å². The van der Waals surface area contributed by atoms with Crippen molar-refractivity contribution in [3.63, 3.8) is 0 Å². The van der Waals surface area contributed by atoms with E-state index in [0.717, 1.165) is 0 Å². The molecule has 0 aromatic heterocycles. The standard InChI is InChI=1S/C19H20N2O8/c1-12-8-16(21(24)25)17(27-3)9-15(12)20-18(22)10-29-19(23)11-28-14-6-4-13(26-2)5-7-14/h4-9H,10-11H2,1-3H3,(H,20,22). The predicted octanol–water partition coefficient (Wildman–Crippen LogP) is 2.48. The van der Waals surface area contributed by atoms with Crippen LogP contribution in [0.4, 0.5) is 11.4 Å². The molecule has 0 aliphatic heterocycles. The monoisotopic (exact) mass is 404 g/mol. The molecule has 154 valence electrons. The van der Waals surface area contributed by atoms with E-state index in [1.165, 1.54) is 26.4 Å². The lowest BCUT2D eigenvalue weighted by atomic mass is 10.1. The summed E-state index contributed by atoms with van der Waals surface area (Å²) in [4.78, 5) is 34.2. The lowest BCUT2D eigenvalue weighted by Gasteiger charge is -2.11. The Labute approximate surface area is 166 Å². The highest BCUT2D eigenvalue weighted by Gasteiger charge is 2.18. The van der Waals surface area contributed by atoms with Crippen molar-refractivity contribution in [2.45, 2.75) is 6.92 Å². The van der Waals surface area contributed by atoms with Crippen molar-refractivity contribution in [2.24, 2.45) is 0 Å². The summed E-state index contributed by atoms with van der Waals surface area (Å²) in [6.07, 6.45) is 0. The largest absolute Gasteiger partial charge is 0.497 e. The molecule has 0 fully saturated rings. The molecule has 0 heterocycles. The number of carbonyl (C=O) groups excluding carboxylic acids is 2. The zero-order valence-corrected chi connectivity index (χ0v) is 16.1. The van der Waals surface area contributed by atoms with Crippen LogP contribution in [-0.2, 0) is 14.3 Å². The van der Waals surface area contributed by atoms with Gasteiger partial charge in [-0.1, -0.05) is 0 Å². The zero-order valence-electron chi connectivity index (χ0n) is 16.1. The lowest BCUT2D eigenvalue weighted by Crippen LogP contribution is -2.24. The fourth-order valence-electron chi connectivity index (χ4n) is 2.30. The molecule has 1 N–H and O–H groups in total. The van der Waals surface area contributed by atoms with Crippen LogP contribution < -0.4 is 19.5 Å². The molecule has 29 heavy (non-hydrogen) atoms. The number of nitro groups is 1. The number of rotatable bonds is 9. The van der Waals surface area contributed by atoms with E-state index in [1.54, 1.807) is 31.2 Å². The van der Waals surface area contributed by atoms with E-state index in [-0.39, 0.29) is 18.0 Å². The number of amides is 1. The molecule has 0 aliphatic rings. The van der Waals surface area contributed by atoms with Gasteiger partial charge in [-0.15, -0.1) is 0 Å². The second-order valence-electron chi connectivity index (χ2n) is 5.77. The SMILES string of the molecule is COc1ccc(OCC(=O)OCC(=O)Nc2cc(OC)c([N+](=O)[O-])cc2C)cc1. The fourth-order valence-corrected chi connectivity index (χ4v) is 2.30. The first kappa shape index (κ1) is 21.5. The Morgan fingerprint density at radius 2 is 1.69 bits per heavy atom. The van der Waals surface area contributed by atoms with E-state index < -0.39 is 23.4 Å². The second-order valence-corrected chi connectivity index (χ2v) is 5.77. The normalized spacial score (nSPS) is 10.0. The third kappa shape index (κ3) is 6.09. The predicted molar refractivity (Wildman–Crippen MR) is 102 cm³/mol. The van der Waals surface area contributed by atoms with Crippen LogP contribution in [0.5, 0.6) is 17.2 Å². The highest BCUT2D eigenvalue weighted by atomic mass is 16.6. The summed E-state index contributed by atoms with van der Waals surface area (Å²) in [6, 6.07) is 9.22. The molecule has 0 saturated carbocycles. The smallest absolute Gasteiger partial charge is 0.344 e. The maximum atomic E-state index is 12.0. The minimum atomic E-state index is -0.728. The second kappa shape index (κ2) is 9.93. The first-order valence-corrected chi connectivity index (χ1v) is 8.39. The summed E-state index contributed by atoms with van der Waals surface area (Å²) in [7, 11) is 2.82. The van der Waals surface area contributed by atoms with Gasteiger partial charge >= 0.3 is 11.7 Å². The van der Waals surface area contributed by atoms with Gasteiger partial charge in [-0.2, -0.15) is 0 Å². The number of aryl methyl sites for hydroxylation is 1. The Hall–Kier alpha value is -3.82. The van der Waals surface area contributed by atoms with Crippen LogP contribution in [-0.4, -0.2) is 44.2 Å². The van der Waals surface area contributed by atoms with Crippen molar-refractivity contribution in [1.82, 2.24) is 0 Å². The van der Waals surface area contributed by atoms with Gasteiger partial charge in [0, 0.05) is 17.8 Å². The highest BCUT2D eigenvalue weighted by molar-refractivity contribution is 5.94. The number of nitro benzene ring substituents is 1. The number of hydrogen-bond acceptors (Lipinski definition) is 8. The molecule has 0 spiro atoms. The van der Waals surface area contributed by atoms with Gasteiger partial charge in [-0.05, 0) is 36.8 Å². The number of benzene rings is 2. The Balaban J connectivity index is 1.85. The minimum absolute atomic E-state index is 0.000728. The molecule has 2 aromatic carbocycles. The van der Waals surface area contributed by atoms with Gasteiger partial charge in [-0.25, -0.2) is 4.79 Å². The fraction of sp³-hybridized carbons (Fsp3) is 0.263. The van der Waals surface area contributed by atoms with Gasteiger partial charge in [0.25, 0.3) is 5.91 Å². The molecular formula is C19H20N2O8. The molecule has 2 aromatic rings. The molecular weight excluding hydrogens is 384 g/mol. The third-order valence-electron chi connectivity index (χ3n) is 3.78. The number of anilines is 1.